The molecule has 0 unspecified atom stereocenters. The maximum absolute atomic E-state index is 10.4. The van der Waals surface area contributed by atoms with Gasteiger partial charge >= 0.3 is 6.09 Å². The molecule has 0 aliphatic carbocycles. The largest absolute Gasteiger partial charge is 0.465 e. The Labute approximate surface area is 192 Å². The molecule has 9 heteroatoms. The Morgan fingerprint density at radius 1 is 1.19 bits per heavy atom. The fraction of sp³-hybridized carbons (Fsp3) is 0.435. The lowest BCUT2D eigenvalue weighted by atomic mass is 10.1. The van der Waals surface area contributed by atoms with Crippen molar-refractivity contribution in [3.05, 3.63) is 41.7 Å². The van der Waals surface area contributed by atoms with E-state index < -0.39 is 6.09 Å². The Bertz CT molecular complexity index is 1050. The van der Waals surface area contributed by atoms with Gasteiger partial charge < -0.3 is 20.7 Å². The van der Waals surface area contributed by atoms with Gasteiger partial charge in [-0.3, -0.25) is 4.90 Å². The van der Waals surface area contributed by atoms with E-state index in [1.807, 2.05) is 24.4 Å². The molecule has 4 N–H and O–H groups in total. The van der Waals surface area contributed by atoms with Crippen molar-refractivity contribution in [2.24, 2.45) is 0 Å². The SMILES string of the molecule is O=C(O)NCCCCCCCN1CC(Nc2ncc(Cl)c(-c3c[nH]c4ccccc34)n2)C1. The van der Waals surface area contributed by atoms with Crippen LogP contribution in [0.4, 0.5) is 10.7 Å². The maximum atomic E-state index is 10.4. The number of aromatic amines is 1. The van der Waals surface area contributed by atoms with Crippen LogP contribution >= 0.6 is 11.6 Å². The van der Waals surface area contributed by atoms with E-state index in [9.17, 15) is 4.79 Å². The quantitative estimate of drug-likeness (QED) is 0.314. The Balaban J connectivity index is 1.20. The summed E-state index contributed by atoms with van der Waals surface area (Å²) >= 11 is 6.42. The Morgan fingerprint density at radius 3 is 2.81 bits per heavy atom. The molecule has 2 aromatic heterocycles. The number of H-pyrrole nitrogens is 1. The molecule has 170 valence electrons. The molecule has 1 saturated heterocycles. The number of aromatic nitrogens is 3. The van der Waals surface area contributed by atoms with Gasteiger partial charge in [0.15, 0.2) is 0 Å². The Kier molecular flexibility index (Phi) is 7.44. The predicted molar refractivity (Wildman–Crippen MR) is 127 cm³/mol. The zero-order chi connectivity index (χ0) is 22.3. The van der Waals surface area contributed by atoms with Gasteiger partial charge in [-0.2, -0.15) is 0 Å². The van der Waals surface area contributed by atoms with E-state index in [2.05, 4.69) is 31.6 Å². The van der Waals surface area contributed by atoms with Crippen molar-refractivity contribution < 1.29 is 9.90 Å². The molecule has 1 fully saturated rings. The second-order valence-corrected chi connectivity index (χ2v) is 8.65. The number of halogens is 1. The number of anilines is 1. The van der Waals surface area contributed by atoms with Gasteiger partial charge in [0.2, 0.25) is 5.95 Å². The number of hydrogen-bond donors (Lipinski definition) is 4. The first-order chi connectivity index (χ1) is 15.6. The number of nitrogens with one attached hydrogen (secondary N) is 3. The van der Waals surface area contributed by atoms with Gasteiger partial charge in [0.25, 0.3) is 0 Å². The van der Waals surface area contributed by atoms with Gasteiger partial charge in [0.1, 0.15) is 0 Å². The smallest absolute Gasteiger partial charge is 0.404 e. The molecule has 1 amide bonds. The number of rotatable bonds is 11. The summed E-state index contributed by atoms with van der Waals surface area (Å²) in [5.74, 6) is 0.606. The summed E-state index contributed by atoms with van der Waals surface area (Å²) in [6.45, 7) is 3.60. The minimum atomic E-state index is -0.941. The molecule has 32 heavy (non-hydrogen) atoms. The number of fused-ring (bicyclic) bond motifs is 1. The van der Waals surface area contributed by atoms with Gasteiger partial charge in [0, 0.05) is 42.3 Å². The zero-order valence-electron chi connectivity index (χ0n) is 18.0. The second kappa shape index (κ2) is 10.7. The lowest BCUT2D eigenvalue weighted by Crippen LogP contribution is -2.55. The lowest BCUT2D eigenvalue weighted by molar-refractivity contribution is 0.158. The van der Waals surface area contributed by atoms with Crippen molar-refractivity contribution in [2.75, 3.05) is 31.5 Å². The van der Waals surface area contributed by atoms with E-state index >= 15 is 0 Å². The van der Waals surface area contributed by atoms with Crippen LogP contribution in [0.25, 0.3) is 22.2 Å². The molecule has 1 aliphatic rings. The fourth-order valence-electron chi connectivity index (χ4n) is 4.11. The standard InChI is InChI=1S/C23H29ClN6O2/c24-19-13-27-22(29-21(19)18-12-26-20-9-5-4-8-17(18)20)28-16-14-30(15-16)11-7-3-1-2-6-10-25-23(31)32/h4-5,8-9,12-13,16,25-26H,1-3,6-7,10-11,14-15H2,(H,31,32)(H,27,28,29). The van der Waals surface area contributed by atoms with Crippen molar-refractivity contribution in [2.45, 2.75) is 38.1 Å². The topological polar surface area (TPSA) is 106 Å². The van der Waals surface area contributed by atoms with Gasteiger partial charge in [-0.1, -0.05) is 49.1 Å². The zero-order valence-corrected chi connectivity index (χ0v) is 18.7. The van der Waals surface area contributed by atoms with Crippen LogP contribution < -0.4 is 10.6 Å². The van der Waals surface area contributed by atoms with Crippen LogP contribution in [0.15, 0.2) is 36.7 Å². The van der Waals surface area contributed by atoms with Crippen molar-refractivity contribution >= 4 is 34.5 Å². The highest BCUT2D eigenvalue weighted by Crippen LogP contribution is 2.32. The van der Waals surface area contributed by atoms with E-state index in [0.717, 1.165) is 61.1 Å². The maximum Gasteiger partial charge on any atom is 0.404 e. The van der Waals surface area contributed by atoms with Crippen LogP contribution in [0.3, 0.4) is 0 Å². The molecule has 3 aromatic rings. The first-order valence-corrected chi connectivity index (χ1v) is 11.5. The normalized spacial score (nSPS) is 14.4. The second-order valence-electron chi connectivity index (χ2n) is 8.24. The van der Waals surface area contributed by atoms with Crippen molar-refractivity contribution in [3.63, 3.8) is 0 Å². The average molecular weight is 457 g/mol. The van der Waals surface area contributed by atoms with E-state index in [0.29, 0.717) is 23.6 Å². The van der Waals surface area contributed by atoms with Gasteiger partial charge in [-0.15, -0.1) is 0 Å². The third-order valence-corrected chi connectivity index (χ3v) is 6.08. The van der Waals surface area contributed by atoms with Gasteiger partial charge in [0.05, 0.1) is 23.0 Å². The molecule has 8 nitrogen and oxygen atoms in total. The Hall–Kier alpha value is -2.84. The summed E-state index contributed by atoms with van der Waals surface area (Å²) in [6, 6.07) is 8.44. The van der Waals surface area contributed by atoms with Crippen LogP contribution in [0.2, 0.25) is 5.02 Å². The molecule has 3 heterocycles. The van der Waals surface area contributed by atoms with Crippen LogP contribution in [0.1, 0.15) is 32.1 Å². The first kappa shape index (κ1) is 22.4. The molecule has 1 aliphatic heterocycles. The van der Waals surface area contributed by atoms with Crippen molar-refractivity contribution in [1.82, 2.24) is 25.2 Å². The van der Waals surface area contributed by atoms with Crippen LogP contribution in [-0.4, -0.2) is 63.3 Å². The number of amides is 1. The van der Waals surface area contributed by atoms with Gasteiger partial charge in [-0.05, 0) is 25.5 Å². The minimum Gasteiger partial charge on any atom is -0.465 e. The summed E-state index contributed by atoms with van der Waals surface area (Å²) in [4.78, 5) is 25.2. The number of carbonyl (C=O) groups is 1. The number of para-hydroxylation sites is 1. The monoisotopic (exact) mass is 456 g/mol. The predicted octanol–water partition coefficient (Wildman–Crippen LogP) is 4.59. The van der Waals surface area contributed by atoms with Crippen LogP contribution in [0, 0.1) is 0 Å². The average Bonchev–Trinajstić information content (AvgIpc) is 3.18. The van der Waals surface area contributed by atoms with E-state index in [1.165, 1.54) is 12.8 Å². The minimum absolute atomic E-state index is 0.342. The summed E-state index contributed by atoms with van der Waals surface area (Å²) in [7, 11) is 0. The highest BCUT2D eigenvalue weighted by Gasteiger charge is 2.26. The molecule has 4 rings (SSSR count). The molecule has 0 radical (unpaired) electrons. The Morgan fingerprint density at radius 2 is 1.97 bits per heavy atom. The molecule has 0 bridgehead atoms. The molecular formula is C23H29ClN6O2. The molecule has 0 atom stereocenters. The fourth-order valence-corrected chi connectivity index (χ4v) is 4.30. The lowest BCUT2D eigenvalue weighted by Gasteiger charge is -2.39. The molecule has 0 saturated carbocycles. The number of benzene rings is 1. The van der Waals surface area contributed by atoms with Crippen molar-refractivity contribution in [3.8, 4) is 11.3 Å². The summed E-state index contributed by atoms with van der Waals surface area (Å²) in [6.07, 6.45) is 8.13. The summed E-state index contributed by atoms with van der Waals surface area (Å²) in [5.41, 5.74) is 2.76. The highest BCUT2D eigenvalue weighted by atomic mass is 35.5. The number of likely N-dealkylation sites (tertiary alicyclic amines) is 1. The summed E-state index contributed by atoms with van der Waals surface area (Å²) in [5, 5.41) is 16.0. The van der Waals surface area contributed by atoms with E-state index in [-0.39, 0.29) is 0 Å². The van der Waals surface area contributed by atoms with E-state index in [4.69, 9.17) is 21.7 Å². The first-order valence-electron chi connectivity index (χ1n) is 11.1. The van der Waals surface area contributed by atoms with Gasteiger partial charge in [-0.25, -0.2) is 14.8 Å². The number of carboxylic acid groups (broad SMARTS) is 1. The molecular weight excluding hydrogens is 428 g/mol. The van der Waals surface area contributed by atoms with Crippen LogP contribution in [-0.2, 0) is 0 Å². The summed E-state index contributed by atoms with van der Waals surface area (Å²) < 4.78 is 0. The van der Waals surface area contributed by atoms with E-state index in [1.54, 1.807) is 6.20 Å². The third-order valence-electron chi connectivity index (χ3n) is 5.81. The molecule has 1 aromatic carbocycles. The number of nitrogens with zero attached hydrogens (tertiary/aromatic N) is 3. The highest BCUT2D eigenvalue weighted by molar-refractivity contribution is 6.33. The number of hydrogen-bond acceptors (Lipinski definition) is 5. The van der Waals surface area contributed by atoms with Crippen LogP contribution in [0.5, 0.6) is 0 Å². The van der Waals surface area contributed by atoms with Crippen molar-refractivity contribution in [1.29, 1.82) is 0 Å². The number of unbranched alkanes of at least 4 members (excludes halogenated alkanes) is 4. The molecule has 0 spiro atoms. The third kappa shape index (κ3) is 5.69.